The Balaban J connectivity index is 1.17. The van der Waals surface area contributed by atoms with E-state index in [4.69, 9.17) is 22.1 Å². The Kier molecular flexibility index (Phi) is 7.49. The number of allylic oxidation sites excluding steroid dienone is 1. The molecule has 0 radical (unpaired) electrons. The predicted octanol–water partition coefficient (Wildman–Crippen LogP) is 6.89. The number of halogens is 1. The SMILES string of the molecule is CC1(C)CCC(CN2CCN(c3ccc(C(N)=O)c(Oc4cnc5[nH]ccc5c4)c3)CC2)=C(c2ccc(Cl)cc2)C1. The number of benzene rings is 2. The zero-order valence-corrected chi connectivity index (χ0v) is 24.4. The fraction of sp³-hybridized carbons (Fsp3) is 0.333. The molecule has 0 unspecified atom stereocenters. The van der Waals surface area contributed by atoms with E-state index in [9.17, 15) is 4.79 Å². The molecule has 0 saturated carbocycles. The monoisotopic (exact) mass is 569 g/mol. The van der Waals surface area contributed by atoms with Gasteiger partial charge in [0.05, 0.1) is 11.8 Å². The van der Waals surface area contributed by atoms with Crippen molar-refractivity contribution in [1.82, 2.24) is 14.9 Å². The molecule has 2 aliphatic rings. The molecule has 41 heavy (non-hydrogen) atoms. The van der Waals surface area contributed by atoms with Crippen LogP contribution in [0.15, 0.2) is 72.6 Å². The van der Waals surface area contributed by atoms with E-state index in [1.54, 1.807) is 17.8 Å². The number of amides is 1. The number of anilines is 1. The molecule has 3 N–H and O–H groups in total. The molecule has 212 valence electrons. The second-order valence-corrected chi connectivity index (χ2v) is 12.4. The normalized spacial score (nSPS) is 17.7. The molecule has 2 aromatic carbocycles. The van der Waals surface area contributed by atoms with Crippen molar-refractivity contribution in [2.75, 3.05) is 37.6 Å². The number of fused-ring (bicyclic) bond motifs is 1. The van der Waals surface area contributed by atoms with Gasteiger partial charge in [-0.1, -0.05) is 43.2 Å². The van der Waals surface area contributed by atoms with Crippen LogP contribution >= 0.6 is 11.6 Å². The Morgan fingerprint density at radius 2 is 1.85 bits per heavy atom. The van der Waals surface area contributed by atoms with Gasteiger partial charge in [0.15, 0.2) is 0 Å². The first-order valence-electron chi connectivity index (χ1n) is 14.2. The number of H-pyrrole nitrogens is 1. The van der Waals surface area contributed by atoms with Gasteiger partial charge in [-0.15, -0.1) is 0 Å². The lowest BCUT2D eigenvalue weighted by atomic mass is 9.72. The minimum Gasteiger partial charge on any atom is -0.455 e. The largest absolute Gasteiger partial charge is 0.455 e. The minimum absolute atomic E-state index is 0.303. The summed E-state index contributed by atoms with van der Waals surface area (Å²) in [6, 6.07) is 17.8. The Hall–Kier alpha value is -3.81. The van der Waals surface area contributed by atoms with E-state index in [2.05, 4.69) is 45.7 Å². The standard InChI is InChI=1S/C33H36ClN5O2/c1-33(2)11-9-24(29(19-33)22-3-5-25(34)6-4-22)21-38-13-15-39(16-14-38)26-7-8-28(31(35)40)30(18-26)41-27-17-23-10-12-36-32(23)37-20-27/h3-8,10,12,17-18,20H,9,11,13-16,19,21H2,1-2H3,(H2,35,40)(H,36,37). The van der Waals surface area contributed by atoms with Gasteiger partial charge in [0.2, 0.25) is 0 Å². The van der Waals surface area contributed by atoms with E-state index in [1.165, 1.54) is 17.6 Å². The molecule has 4 aromatic rings. The highest BCUT2D eigenvalue weighted by Gasteiger charge is 2.29. The molecule has 3 heterocycles. The van der Waals surface area contributed by atoms with Gasteiger partial charge in [0.25, 0.3) is 5.91 Å². The number of primary amides is 1. The number of ether oxygens (including phenoxy) is 1. The number of nitrogens with zero attached hydrogens (tertiary/aromatic N) is 3. The number of nitrogens with two attached hydrogens (primary N) is 1. The highest BCUT2D eigenvalue weighted by molar-refractivity contribution is 6.30. The van der Waals surface area contributed by atoms with Crippen molar-refractivity contribution in [1.29, 1.82) is 0 Å². The van der Waals surface area contributed by atoms with Gasteiger partial charge in [-0.2, -0.15) is 0 Å². The summed E-state index contributed by atoms with van der Waals surface area (Å²) in [5.41, 5.74) is 12.5. The highest BCUT2D eigenvalue weighted by atomic mass is 35.5. The van der Waals surface area contributed by atoms with Gasteiger partial charge in [0, 0.05) is 61.1 Å². The number of hydrogen-bond donors (Lipinski definition) is 2. The van der Waals surface area contributed by atoms with Crippen molar-refractivity contribution in [3.63, 3.8) is 0 Å². The van der Waals surface area contributed by atoms with E-state index in [0.717, 1.165) is 67.3 Å². The molecule has 0 bridgehead atoms. The molecular formula is C33H36ClN5O2. The molecular weight excluding hydrogens is 534 g/mol. The summed E-state index contributed by atoms with van der Waals surface area (Å²) < 4.78 is 6.15. The number of piperazine rings is 1. The lowest BCUT2D eigenvalue weighted by molar-refractivity contribution is 0.0998. The molecule has 6 rings (SSSR count). The number of aromatic nitrogens is 2. The van der Waals surface area contributed by atoms with E-state index >= 15 is 0 Å². The van der Waals surface area contributed by atoms with Gasteiger partial charge in [-0.3, -0.25) is 9.69 Å². The van der Waals surface area contributed by atoms with Crippen molar-refractivity contribution in [3.05, 3.63) is 88.7 Å². The van der Waals surface area contributed by atoms with Crippen molar-refractivity contribution in [3.8, 4) is 11.5 Å². The Labute approximate surface area is 246 Å². The summed E-state index contributed by atoms with van der Waals surface area (Å²) in [5.74, 6) is 0.478. The first kappa shape index (κ1) is 27.4. The second-order valence-electron chi connectivity index (χ2n) is 11.9. The molecule has 1 amide bonds. The van der Waals surface area contributed by atoms with Crippen LogP contribution in [-0.2, 0) is 0 Å². The van der Waals surface area contributed by atoms with Crippen molar-refractivity contribution >= 4 is 39.8 Å². The number of rotatable bonds is 7. The summed E-state index contributed by atoms with van der Waals surface area (Å²) in [7, 11) is 0. The zero-order chi connectivity index (χ0) is 28.6. The maximum absolute atomic E-state index is 12.2. The third kappa shape index (κ3) is 6.11. The van der Waals surface area contributed by atoms with Crippen LogP contribution in [0, 0.1) is 5.41 Å². The maximum Gasteiger partial charge on any atom is 0.252 e. The maximum atomic E-state index is 12.2. The average molecular weight is 570 g/mol. The summed E-state index contributed by atoms with van der Waals surface area (Å²) in [4.78, 5) is 24.6. The molecule has 1 aliphatic heterocycles. The van der Waals surface area contributed by atoms with Crippen LogP contribution in [0.3, 0.4) is 0 Å². The van der Waals surface area contributed by atoms with Crippen molar-refractivity contribution in [2.45, 2.75) is 33.1 Å². The third-order valence-corrected chi connectivity index (χ3v) is 8.62. The lowest BCUT2D eigenvalue weighted by Crippen LogP contribution is -2.47. The van der Waals surface area contributed by atoms with Crippen LogP contribution in [-0.4, -0.2) is 53.5 Å². The summed E-state index contributed by atoms with van der Waals surface area (Å²) >= 11 is 6.19. The average Bonchev–Trinajstić information content (AvgIpc) is 3.43. The number of hydrogen-bond acceptors (Lipinski definition) is 5. The number of pyridine rings is 1. The lowest BCUT2D eigenvalue weighted by Gasteiger charge is -2.39. The molecule has 8 heteroatoms. The van der Waals surface area contributed by atoms with Crippen LogP contribution in [0.25, 0.3) is 16.6 Å². The third-order valence-electron chi connectivity index (χ3n) is 8.36. The summed E-state index contributed by atoms with van der Waals surface area (Å²) in [6.45, 7) is 9.43. The Morgan fingerprint density at radius 3 is 2.61 bits per heavy atom. The summed E-state index contributed by atoms with van der Waals surface area (Å²) in [6.07, 6.45) is 6.91. The van der Waals surface area contributed by atoms with Crippen LogP contribution < -0.4 is 15.4 Å². The minimum atomic E-state index is -0.521. The van der Waals surface area contributed by atoms with Crippen molar-refractivity contribution < 1.29 is 9.53 Å². The molecule has 2 aromatic heterocycles. The highest BCUT2D eigenvalue weighted by Crippen LogP contribution is 2.43. The first-order valence-corrected chi connectivity index (χ1v) is 14.6. The van der Waals surface area contributed by atoms with E-state index in [-0.39, 0.29) is 0 Å². The smallest absolute Gasteiger partial charge is 0.252 e. The van der Waals surface area contributed by atoms with Crippen LogP contribution in [0.4, 0.5) is 5.69 Å². The molecule has 1 saturated heterocycles. The number of carbonyl (C=O) groups excluding carboxylic acids is 1. The number of carbonyl (C=O) groups is 1. The molecule has 1 aliphatic carbocycles. The molecule has 1 fully saturated rings. The fourth-order valence-electron chi connectivity index (χ4n) is 6.00. The van der Waals surface area contributed by atoms with Gasteiger partial charge in [-0.25, -0.2) is 4.98 Å². The zero-order valence-electron chi connectivity index (χ0n) is 23.6. The number of aromatic amines is 1. The van der Waals surface area contributed by atoms with Gasteiger partial charge < -0.3 is 20.4 Å². The molecule has 7 nitrogen and oxygen atoms in total. The van der Waals surface area contributed by atoms with Gasteiger partial charge >= 0.3 is 0 Å². The topological polar surface area (TPSA) is 87.5 Å². The summed E-state index contributed by atoms with van der Waals surface area (Å²) in [5, 5.41) is 1.71. The predicted molar refractivity (Wildman–Crippen MR) is 166 cm³/mol. The van der Waals surface area contributed by atoms with Crippen molar-refractivity contribution in [2.24, 2.45) is 11.1 Å². The van der Waals surface area contributed by atoms with Crippen LogP contribution in [0.1, 0.15) is 49.0 Å². The first-order chi connectivity index (χ1) is 19.7. The fourth-order valence-corrected chi connectivity index (χ4v) is 6.12. The molecule has 0 spiro atoms. The van der Waals surface area contributed by atoms with E-state index in [0.29, 0.717) is 22.5 Å². The number of nitrogens with one attached hydrogen (secondary N) is 1. The Bertz CT molecular complexity index is 1600. The van der Waals surface area contributed by atoms with Gasteiger partial charge in [0.1, 0.15) is 17.1 Å². The quantitative estimate of drug-likeness (QED) is 0.253. The van der Waals surface area contributed by atoms with E-state index in [1.807, 2.05) is 42.6 Å². The van der Waals surface area contributed by atoms with Crippen LogP contribution in [0.5, 0.6) is 11.5 Å². The Morgan fingerprint density at radius 1 is 1.07 bits per heavy atom. The molecule has 0 atom stereocenters. The van der Waals surface area contributed by atoms with E-state index < -0.39 is 5.91 Å². The van der Waals surface area contributed by atoms with Gasteiger partial charge in [-0.05, 0) is 72.2 Å². The second kappa shape index (κ2) is 11.2. The van der Waals surface area contributed by atoms with Crippen LogP contribution in [0.2, 0.25) is 5.02 Å².